The Bertz CT molecular complexity index is 332. The molecule has 0 atom stereocenters. The van der Waals surface area contributed by atoms with Gasteiger partial charge in [0, 0.05) is 19.3 Å². The van der Waals surface area contributed by atoms with E-state index in [0.717, 1.165) is 18.2 Å². The predicted molar refractivity (Wildman–Crippen MR) is 67.3 cm³/mol. The number of pyridine rings is 1. The maximum Gasteiger partial charge on any atom is 0.191 e. The molecule has 2 N–H and O–H groups in total. The Labute approximate surface area is 96.5 Å². The smallest absolute Gasteiger partial charge is 0.191 e. The van der Waals surface area contributed by atoms with E-state index in [9.17, 15) is 0 Å². The first-order valence-electron chi connectivity index (χ1n) is 5.39. The number of aliphatic imine (C=N–C) groups is 1. The number of nitrogens with one attached hydrogen (secondary N) is 2. The summed E-state index contributed by atoms with van der Waals surface area (Å²) in [6.07, 6.45) is 3.57. The zero-order valence-electron chi connectivity index (χ0n) is 9.61. The van der Waals surface area contributed by atoms with Gasteiger partial charge in [0.25, 0.3) is 0 Å². The van der Waals surface area contributed by atoms with Crippen LogP contribution < -0.4 is 10.6 Å². The molecular formula is C12H18N4. The maximum absolute atomic E-state index is 4.41. The fourth-order valence-electron chi connectivity index (χ4n) is 1.16. The molecule has 0 aliphatic heterocycles. The third-order valence-electron chi connectivity index (χ3n) is 1.88. The predicted octanol–water partition coefficient (Wildman–Crippen LogP) is 1.32. The number of guanidine groups is 1. The van der Waals surface area contributed by atoms with E-state index < -0.39 is 0 Å². The second-order valence-corrected chi connectivity index (χ2v) is 3.19. The monoisotopic (exact) mass is 218 g/mol. The summed E-state index contributed by atoms with van der Waals surface area (Å²) in [5.74, 6) is 0.785. The molecule has 0 saturated heterocycles. The second-order valence-electron chi connectivity index (χ2n) is 3.19. The first kappa shape index (κ1) is 12.2. The average Bonchev–Trinajstić information content (AvgIpc) is 2.34. The first-order valence-corrected chi connectivity index (χ1v) is 5.39. The zero-order valence-corrected chi connectivity index (χ0v) is 9.61. The molecule has 0 aliphatic rings. The van der Waals surface area contributed by atoms with Crippen LogP contribution >= 0.6 is 0 Å². The van der Waals surface area contributed by atoms with Crippen LogP contribution in [-0.2, 0) is 6.54 Å². The molecule has 0 amide bonds. The minimum Gasteiger partial charge on any atom is -0.357 e. The van der Waals surface area contributed by atoms with E-state index in [4.69, 9.17) is 0 Å². The summed E-state index contributed by atoms with van der Waals surface area (Å²) in [5, 5.41) is 6.28. The highest BCUT2D eigenvalue weighted by Gasteiger charge is 1.95. The lowest BCUT2D eigenvalue weighted by molar-refractivity contribution is 0.853. The minimum atomic E-state index is 0.577. The van der Waals surface area contributed by atoms with Crippen molar-refractivity contribution in [2.75, 3.05) is 13.1 Å². The molecule has 0 aliphatic carbocycles. The fourth-order valence-corrected chi connectivity index (χ4v) is 1.16. The number of hydrogen-bond acceptors (Lipinski definition) is 2. The molecule has 0 aromatic carbocycles. The summed E-state index contributed by atoms with van der Waals surface area (Å²) < 4.78 is 0. The summed E-state index contributed by atoms with van der Waals surface area (Å²) >= 11 is 0. The molecule has 4 heteroatoms. The van der Waals surface area contributed by atoms with Gasteiger partial charge in [-0.3, -0.25) is 4.98 Å². The average molecular weight is 218 g/mol. The van der Waals surface area contributed by atoms with E-state index in [1.807, 2.05) is 25.1 Å². The van der Waals surface area contributed by atoms with Gasteiger partial charge < -0.3 is 10.6 Å². The Morgan fingerprint density at radius 3 is 3.00 bits per heavy atom. The van der Waals surface area contributed by atoms with E-state index >= 15 is 0 Å². The van der Waals surface area contributed by atoms with Crippen LogP contribution in [0.4, 0.5) is 0 Å². The van der Waals surface area contributed by atoms with Crippen LogP contribution in [0.3, 0.4) is 0 Å². The van der Waals surface area contributed by atoms with Crippen LogP contribution in [0.2, 0.25) is 0 Å². The molecule has 0 bridgehead atoms. The lowest BCUT2D eigenvalue weighted by atomic mass is 10.3. The van der Waals surface area contributed by atoms with E-state index in [0.29, 0.717) is 13.1 Å². The Hall–Kier alpha value is -1.84. The quantitative estimate of drug-likeness (QED) is 0.445. The van der Waals surface area contributed by atoms with Gasteiger partial charge in [-0.2, -0.15) is 0 Å². The van der Waals surface area contributed by atoms with Gasteiger partial charge in [0.05, 0.1) is 12.2 Å². The normalized spacial score (nSPS) is 10.9. The standard InChI is InChI=1S/C12H18N4/c1-3-8-15-12(13-4-2)16-10-11-7-5-6-9-14-11/h3,5-7,9H,1,4,8,10H2,2H3,(H2,13,15,16). The molecule has 0 radical (unpaired) electrons. The molecular weight excluding hydrogens is 200 g/mol. The van der Waals surface area contributed by atoms with Gasteiger partial charge in [0.2, 0.25) is 0 Å². The van der Waals surface area contributed by atoms with Crippen molar-refractivity contribution >= 4 is 5.96 Å². The fraction of sp³-hybridized carbons (Fsp3) is 0.333. The van der Waals surface area contributed by atoms with Gasteiger partial charge in [-0.15, -0.1) is 6.58 Å². The van der Waals surface area contributed by atoms with Crippen molar-refractivity contribution < 1.29 is 0 Å². The summed E-state index contributed by atoms with van der Waals surface area (Å²) in [6.45, 7) is 7.80. The molecule has 0 saturated carbocycles. The largest absolute Gasteiger partial charge is 0.357 e. The Morgan fingerprint density at radius 1 is 1.50 bits per heavy atom. The molecule has 0 unspecified atom stereocenters. The van der Waals surface area contributed by atoms with Gasteiger partial charge in [0.1, 0.15) is 0 Å². The Morgan fingerprint density at radius 2 is 2.38 bits per heavy atom. The number of hydrogen-bond donors (Lipinski definition) is 2. The highest BCUT2D eigenvalue weighted by Crippen LogP contribution is 1.94. The Balaban J connectivity index is 2.53. The van der Waals surface area contributed by atoms with E-state index in [-0.39, 0.29) is 0 Å². The van der Waals surface area contributed by atoms with Crippen molar-refractivity contribution in [3.8, 4) is 0 Å². The molecule has 86 valence electrons. The van der Waals surface area contributed by atoms with Gasteiger partial charge >= 0.3 is 0 Å². The lowest BCUT2D eigenvalue weighted by Crippen LogP contribution is -2.37. The molecule has 0 fully saturated rings. The van der Waals surface area contributed by atoms with E-state index in [1.165, 1.54) is 0 Å². The van der Waals surface area contributed by atoms with Crippen molar-refractivity contribution in [2.45, 2.75) is 13.5 Å². The number of aromatic nitrogens is 1. The van der Waals surface area contributed by atoms with Crippen molar-refractivity contribution in [3.05, 3.63) is 42.7 Å². The minimum absolute atomic E-state index is 0.577. The lowest BCUT2D eigenvalue weighted by Gasteiger charge is -2.08. The summed E-state index contributed by atoms with van der Waals surface area (Å²) in [5.41, 5.74) is 0.957. The molecule has 4 nitrogen and oxygen atoms in total. The molecule has 1 aromatic heterocycles. The third kappa shape index (κ3) is 4.59. The second kappa shape index (κ2) is 7.45. The van der Waals surface area contributed by atoms with Gasteiger partial charge in [0.15, 0.2) is 5.96 Å². The van der Waals surface area contributed by atoms with Crippen molar-refractivity contribution in [1.82, 2.24) is 15.6 Å². The highest BCUT2D eigenvalue weighted by atomic mass is 15.2. The molecule has 16 heavy (non-hydrogen) atoms. The molecule has 1 aromatic rings. The van der Waals surface area contributed by atoms with Gasteiger partial charge in [-0.05, 0) is 19.1 Å². The Kier molecular flexibility index (Phi) is 5.70. The van der Waals surface area contributed by atoms with Crippen molar-refractivity contribution in [2.24, 2.45) is 4.99 Å². The summed E-state index contributed by atoms with van der Waals surface area (Å²) in [7, 11) is 0. The van der Waals surface area contributed by atoms with Crippen LogP contribution in [-0.4, -0.2) is 24.0 Å². The van der Waals surface area contributed by atoms with E-state index in [2.05, 4.69) is 27.2 Å². The van der Waals surface area contributed by atoms with Crippen LogP contribution in [0.25, 0.3) is 0 Å². The third-order valence-corrected chi connectivity index (χ3v) is 1.88. The van der Waals surface area contributed by atoms with Crippen LogP contribution in [0.5, 0.6) is 0 Å². The summed E-state index contributed by atoms with van der Waals surface area (Å²) in [6, 6.07) is 5.82. The summed E-state index contributed by atoms with van der Waals surface area (Å²) in [4.78, 5) is 8.61. The van der Waals surface area contributed by atoms with Gasteiger partial charge in [-0.1, -0.05) is 12.1 Å². The van der Waals surface area contributed by atoms with Crippen LogP contribution in [0.1, 0.15) is 12.6 Å². The molecule has 1 rings (SSSR count). The number of rotatable bonds is 5. The van der Waals surface area contributed by atoms with Crippen LogP contribution in [0, 0.1) is 0 Å². The van der Waals surface area contributed by atoms with Crippen molar-refractivity contribution in [3.63, 3.8) is 0 Å². The van der Waals surface area contributed by atoms with E-state index in [1.54, 1.807) is 12.3 Å². The van der Waals surface area contributed by atoms with Crippen LogP contribution in [0.15, 0.2) is 42.0 Å². The first-order chi connectivity index (χ1) is 7.86. The highest BCUT2D eigenvalue weighted by molar-refractivity contribution is 5.79. The van der Waals surface area contributed by atoms with Gasteiger partial charge in [-0.25, -0.2) is 4.99 Å². The molecule has 0 spiro atoms. The van der Waals surface area contributed by atoms with Crippen molar-refractivity contribution in [1.29, 1.82) is 0 Å². The maximum atomic E-state index is 4.41. The SMILES string of the molecule is C=CCNC(=NCc1ccccn1)NCC. The zero-order chi connectivity index (χ0) is 11.6. The topological polar surface area (TPSA) is 49.3 Å². The number of nitrogens with zero attached hydrogens (tertiary/aromatic N) is 2. The molecule has 1 heterocycles.